The quantitative estimate of drug-likeness (QED) is 0.879. The average Bonchev–Trinajstić information content (AvgIpc) is 2.30. The van der Waals surface area contributed by atoms with E-state index in [9.17, 15) is 0 Å². The van der Waals surface area contributed by atoms with Gasteiger partial charge in [-0.3, -0.25) is 4.98 Å². The van der Waals surface area contributed by atoms with Crippen molar-refractivity contribution in [1.82, 2.24) is 4.98 Å². The number of nitrogen functional groups attached to an aromatic ring is 1. The summed E-state index contributed by atoms with van der Waals surface area (Å²) in [4.78, 5) is 4.35. The van der Waals surface area contributed by atoms with Crippen LogP contribution in [0.2, 0.25) is 0 Å². The molecule has 3 nitrogen and oxygen atoms in total. The zero-order valence-electron chi connectivity index (χ0n) is 11.6. The Morgan fingerprint density at radius 2 is 2.05 bits per heavy atom. The Morgan fingerprint density at radius 3 is 2.74 bits per heavy atom. The Kier molecular flexibility index (Phi) is 3.99. The van der Waals surface area contributed by atoms with Crippen LogP contribution in [0.4, 0.5) is 11.4 Å². The lowest BCUT2D eigenvalue weighted by Crippen LogP contribution is -2.13. The van der Waals surface area contributed by atoms with Crippen molar-refractivity contribution in [3.05, 3.63) is 28.9 Å². The molecule has 102 valence electrons. The first-order valence-corrected chi connectivity index (χ1v) is 7.24. The molecule has 1 aromatic carbocycles. The molecule has 0 aliphatic heterocycles. The number of hydrogen-bond donors (Lipinski definition) is 2. The van der Waals surface area contributed by atoms with Crippen molar-refractivity contribution in [3.63, 3.8) is 0 Å². The molecule has 1 heterocycles. The molecule has 2 aromatic rings. The van der Waals surface area contributed by atoms with E-state index in [1.807, 2.05) is 12.1 Å². The second-order valence-electron chi connectivity index (χ2n) is 5.99. The number of fused-ring (bicyclic) bond motifs is 1. The van der Waals surface area contributed by atoms with E-state index >= 15 is 0 Å². The molecule has 0 radical (unpaired) electrons. The summed E-state index contributed by atoms with van der Waals surface area (Å²) in [6.07, 6.45) is 2.81. The van der Waals surface area contributed by atoms with Crippen LogP contribution in [0, 0.1) is 5.41 Å². The summed E-state index contributed by atoms with van der Waals surface area (Å²) in [7, 11) is 0. The van der Waals surface area contributed by atoms with E-state index in [1.54, 1.807) is 6.20 Å². The van der Waals surface area contributed by atoms with E-state index in [1.165, 1.54) is 0 Å². The van der Waals surface area contributed by atoms with Gasteiger partial charge in [0.2, 0.25) is 0 Å². The van der Waals surface area contributed by atoms with Crippen molar-refractivity contribution in [2.45, 2.75) is 27.2 Å². The molecule has 2 rings (SSSR count). The molecule has 0 aliphatic carbocycles. The van der Waals surface area contributed by atoms with Crippen LogP contribution in [0.5, 0.6) is 0 Å². The SMILES string of the molecule is CC(C)(C)CCNc1c(N)cnc2ccc(Br)cc12. The van der Waals surface area contributed by atoms with Crippen LogP contribution in [-0.4, -0.2) is 11.5 Å². The number of nitrogens with two attached hydrogens (primary N) is 1. The third-order valence-corrected chi connectivity index (χ3v) is 3.53. The number of rotatable bonds is 3. The first kappa shape index (κ1) is 14.1. The second kappa shape index (κ2) is 5.37. The van der Waals surface area contributed by atoms with E-state index in [-0.39, 0.29) is 0 Å². The highest BCUT2D eigenvalue weighted by Gasteiger charge is 2.11. The molecule has 4 heteroatoms. The largest absolute Gasteiger partial charge is 0.396 e. The zero-order chi connectivity index (χ0) is 14.0. The van der Waals surface area contributed by atoms with Crippen molar-refractivity contribution >= 4 is 38.2 Å². The highest BCUT2D eigenvalue weighted by molar-refractivity contribution is 9.10. The molecule has 1 aromatic heterocycles. The molecule has 0 aliphatic rings. The van der Waals surface area contributed by atoms with Gasteiger partial charge in [-0.15, -0.1) is 0 Å². The van der Waals surface area contributed by atoms with Crippen molar-refractivity contribution in [2.24, 2.45) is 5.41 Å². The maximum atomic E-state index is 6.05. The average molecular weight is 322 g/mol. The van der Waals surface area contributed by atoms with E-state index in [2.05, 4.69) is 53.1 Å². The van der Waals surface area contributed by atoms with Gasteiger partial charge >= 0.3 is 0 Å². The summed E-state index contributed by atoms with van der Waals surface area (Å²) in [6.45, 7) is 7.61. The third kappa shape index (κ3) is 3.60. The third-order valence-electron chi connectivity index (χ3n) is 3.04. The van der Waals surface area contributed by atoms with Crippen LogP contribution in [0.25, 0.3) is 10.9 Å². The predicted octanol–water partition coefficient (Wildman–Crippen LogP) is 4.43. The molecule has 0 spiro atoms. The van der Waals surface area contributed by atoms with Crippen LogP contribution in [-0.2, 0) is 0 Å². The standard InChI is InChI=1S/C15H20BrN3/c1-15(2,3)6-7-18-14-11-8-10(16)4-5-13(11)19-9-12(14)17/h4-5,8-9H,6-7,17H2,1-3H3,(H,18,19). The highest BCUT2D eigenvalue weighted by atomic mass is 79.9. The number of halogens is 1. The Bertz CT molecular complexity index is 582. The van der Waals surface area contributed by atoms with Gasteiger partial charge < -0.3 is 11.1 Å². The number of pyridine rings is 1. The van der Waals surface area contributed by atoms with Crippen LogP contribution in [0.15, 0.2) is 28.9 Å². The molecular formula is C15H20BrN3. The lowest BCUT2D eigenvalue weighted by Gasteiger charge is -2.19. The number of benzene rings is 1. The van der Waals surface area contributed by atoms with Gasteiger partial charge in [-0.1, -0.05) is 36.7 Å². The normalized spacial score (nSPS) is 11.8. The molecule has 0 saturated heterocycles. The highest BCUT2D eigenvalue weighted by Crippen LogP contribution is 2.30. The van der Waals surface area contributed by atoms with Gasteiger partial charge in [-0.25, -0.2) is 0 Å². The molecule has 0 unspecified atom stereocenters. The van der Waals surface area contributed by atoms with Crippen molar-refractivity contribution < 1.29 is 0 Å². The fraction of sp³-hybridized carbons (Fsp3) is 0.400. The van der Waals surface area contributed by atoms with Gasteiger partial charge in [-0.2, -0.15) is 0 Å². The number of nitrogens with one attached hydrogen (secondary N) is 1. The molecule has 19 heavy (non-hydrogen) atoms. The molecule has 0 atom stereocenters. The molecule has 0 fully saturated rings. The van der Waals surface area contributed by atoms with Gasteiger partial charge in [0.1, 0.15) is 0 Å². The summed E-state index contributed by atoms with van der Waals surface area (Å²) >= 11 is 3.49. The van der Waals surface area contributed by atoms with Gasteiger partial charge in [0.05, 0.1) is 23.1 Å². The van der Waals surface area contributed by atoms with Gasteiger partial charge in [0.25, 0.3) is 0 Å². The Hall–Kier alpha value is -1.29. The Morgan fingerprint density at radius 1 is 1.32 bits per heavy atom. The first-order valence-electron chi connectivity index (χ1n) is 6.44. The fourth-order valence-electron chi connectivity index (χ4n) is 1.94. The van der Waals surface area contributed by atoms with Crippen LogP contribution < -0.4 is 11.1 Å². The fourth-order valence-corrected chi connectivity index (χ4v) is 2.30. The topological polar surface area (TPSA) is 50.9 Å². The molecule has 0 saturated carbocycles. The monoisotopic (exact) mass is 321 g/mol. The maximum absolute atomic E-state index is 6.05. The summed E-state index contributed by atoms with van der Waals surface area (Å²) in [5, 5.41) is 4.51. The molecule has 0 amide bonds. The van der Waals surface area contributed by atoms with E-state index in [4.69, 9.17) is 5.73 Å². The number of hydrogen-bond acceptors (Lipinski definition) is 3. The molecular weight excluding hydrogens is 302 g/mol. The van der Waals surface area contributed by atoms with Crippen LogP contribution >= 0.6 is 15.9 Å². The molecule has 0 bridgehead atoms. The minimum Gasteiger partial charge on any atom is -0.396 e. The first-order chi connectivity index (χ1) is 8.87. The summed E-state index contributed by atoms with van der Waals surface area (Å²) in [6, 6.07) is 6.04. The number of aromatic nitrogens is 1. The second-order valence-corrected chi connectivity index (χ2v) is 6.90. The lowest BCUT2D eigenvalue weighted by molar-refractivity contribution is 0.390. The van der Waals surface area contributed by atoms with E-state index in [0.717, 1.165) is 34.0 Å². The predicted molar refractivity (Wildman–Crippen MR) is 86.4 cm³/mol. The van der Waals surface area contributed by atoms with Crippen molar-refractivity contribution in [3.8, 4) is 0 Å². The van der Waals surface area contributed by atoms with Crippen molar-refractivity contribution in [1.29, 1.82) is 0 Å². The Balaban J connectivity index is 2.30. The van der Waals surface area contributed by atoms with E-state index < -0.39 is 0 Å². The number of nitrogens with zero attached hydrogens (tertiary/aromatic N) is 1. The van der Waals surface area contributed by atoms with Gasteiger partial charge in [0.15, 0.2) is 0 Å². The van der Waals surface area contributed by atoms with E-state index in [0.29, 0.717) is 11.1 Å². The maximum Gasteiger partial charge on any atom is 0.0743 e. The smallest absolute Gasteiger partial charge is 0.0743 e. The van der Waals surface area contributed by atoms with Crippen molar-refractivity contribution in [2.75, 3.05) is 17.6 Å². The lowest BCUT2D eigenvalue weighted by atomic mass is 9.92. The number of anilines is 2. The summed E-state index contributed by atoms with van der Waals surface area (Å²) < 4.78 is 1.03. The van der Waals surface area contributed by atoms with Crippen LogP contribution in [0.1, 0.15) is 27.2 Å². The van der Waals surface area contributed by atoms with Crippen LogP contribution in [0.3, 0.4) is 0 Å². The minimum atomic E-state index is 0.311. The summed E-state index contributed by atoms with van der Waals surface area (Å²) in [5.74, 6) is 0. The summed E-state index contributed by atoms with van der Waals surface area (Å²) in [5.41, 5.74) is 8.99. The zero-order valence-corrected chi connectivity index (χ0v) is 13.2. The minimum absolute atomic E-state index is 0.311. The molecule has 3 N–H and O–H groups in total. The van der Waals surface area contributed by atoms with Gasteiger partial charge in [-0.05, 0) is 30.0 Å². The Labute approximate surface area is 122 Å². The van der Waals surface area contributed by atoms with Gasteiger partial charge in [0, 0.05) is 16.4 Å².